The van der Waals surface area contributed by atoms with Crippen LogP contribution in [0.4, 0.5) is 0 Å². The van der Waals surface area contributed by atoms with E-state index in [9.17, 15) is 9.59 Å². The lowest BCUT2D eigenvalue weighted by atomic mass is 10.0. The molecular formula is C26H20N2O6S. The van der Waals surface area contributed by atoms with Crippen molar-refractivity contribution < 1.29 is 23.8 Å². The molecule has 1 aliphatic heterocycles. The number of hydrogen-bond acceptors (Lipinski definition) is 7. The lowest BCUT2D eigenvalue weighted by Gasteiger charge is -1.99. The molecule has 0 atom stereocenters. The predicted molar refractivity (Wildman–Crippen MR) is 132 cm³/mol. The fourth-order valence-electron chi connectivity index (χ4n) is 3.92. The summed E-state index contributed by atoms with van der Waals surface area (Å²) in [6, 6.07) is 13.2. The minimum atomic E-state index is -0.833. The highest BCUT2D eigenvalue weighted by atomic mass is 32.1. The van der Waals surface area contributed by atoms with E-state index in [2.05, 4.69) is 4.98 Å². The quantitative estimate of drug-likeness (QED) is 0.373. The molecule has 0 radical (unpaired) electrons. The third kappa shape index (κ3) is 4.10. The summed E-state index contributed by atoms with van der Waals surface area (Å²) < 4.78 is 13.3. The predicted octanol–water partition coefficient (Wildman–Crippen LogP) is 4.10. The van der Waals surface area contributed by atoms with Crippen molar-refractivity contribution in [3.05, 3.63) is 85.4 Å². The molecule has 0 bridgehead atoms. The zero-order chi connectivity index (χ0) is 24.9. The SMILES string of the molecule is CC(=O)O.Cc1cc2nc3sc(=Cc4ccc(-c5ccc6c(c5)COC6=O)o4)c(=O)n3c2cc1C. The fourth-order valence-corrected chi connectivity index (χ4v) is 4.89. The molecule has 9 heteroatoms. The Morgan fingerprint density at radius 1 is 1.11 bits per heavy atom. The number of esters is 1. The number of cyclic esters (lactones) is 1. The molecule has 8 nitrogen and oxygen atoms in total. The topological polar surface area (TPSA) is 111 Å². The second-order valence-corrected chi connectivity index (χ2v) is 9.25. The number of aromatic nitrogens is 2. The van der Waals surface area contributed by atoms with Gasteiger partial charge in [-0.05, 0) is 61.4 Å². The monoisotopic (exact) mass is 488 g/mol. The average molecular weight is 489 g/mol. The molecule has 0 spiro atoms. The first-order valence-corrected chi connectivity index (χ1v) is 11.6. The number of nitrogens with zero attached hydrogens (tertiary/aromatic N) is 2. The summed E-state index contributed by atoms with van der Waals surface area (Å²) in [6.07, 6.45) is 1.75. The summed E-state index contributed by atoms with van der Waals surface area (Å²) >= 11 is 1.35. The van der Waals surface area contributed by atoms with Crippen LogP contribution in [0.1, 0.15) is 39.7 Å². The summed E-state index contributed by atoms with van der Waals surface area (Å²) in [4.78, 5) is 39.0. The van der Waals surface area contributed by atoms with Gasteiger partial charge in [-0.15, -0.1) is 0 Å². The number of hydrogen-bond donors (Lipinski definition) is 1. The highest BCUT2D eigenvalue weighted by molar-refractivity contribution is 7.15. The van der Waals surface area contributed by atoms with E-state index in [1.807, 2.05) is 50.2 Å². The molecule has 1 N–H and O–H groups in total. The molecule has 0 amide bonds. The average Bonchev–Trinajstić information content (AvgIpc) is 3.55. The molecule has 176 valence electrons. The third-order valence-electron chi connectivity index (χ3n) is 5.72. The van der Waals surface area contributed by atoms with E-state index in [1.165, 1.54) is 11.3 Å². The molecule has 4 heterocycles. The molecule has 35 heavy (non-hydrogen) atoms. The van der Waals surface area contributed by atoms with E-state index in [4.69, 9.17) is 19.1 Å². The van der Waals surface area contributed by atoms with Gasteiger partial charge in [0, 0.05) is 24.1 Å². The van der Waals surface area contributed by atoms with Crippen molar-refractivity contribution in [2.75, 3.05) is 0 Å². The van der Waals surface area contributed by atoms with Crippen LogP contribution in [0.15, 0.2) is 51.7 Å². The molecule has 5 aromatic rings. The lowest BCUT2D eigenvalue weighted by Crippen LogP contribution is -2.22. The van der Waals surface area contributed by atoms with Gasteiger partial charge in [0.25, 0.3) is 11.5 Å². The van der Waals surface area contributed by atoms with Crippen LogP contribution in [0.5, 0.6) is 0 Å². The maximum absolute atomic E-state index is 13.1. The zero-order valence-corrected chi connectivity index (χ0v) is 19.9. The highest BCUT2D eigenvalue weighted by Crippen LogP contribution is 2.28. The Bertz CT molecular complexity index is 1750. The van der Waals surface area contributed by atoms with Gasteiger partial charge in [-0.1, -0.05) is 17.4 Å². The van der Waals surface area contributed by atoms with Gasteiger partial charge in [-0.3, -0.25) is 9.59 Å². The number of ether oxygens (including phenoxy) is 1. The van der Waals surface area contributed by atoms with Crippen LogP contribution in [-0.2, 0) is 16.1 Å². The van der Waals surface area contributed by atoms with Crippen molar-refractivity contribution in [1.82, 2.24) is 9.38 Å². The van der Waals surface area contributed by atoms with Crippen molar-refractivity contribution in [3.63, 3.8) is 0 Å². The van der Waals surface area contributed by atoms with Crippen LogP contribution in [0, 0.1) is 13.8 Å². The van der Waals surface area contributed by atoms with Crippen molar-refractivity contribution in [3.8, 4) is 11.3 Å². The Hall–Kier alpha value is -4.24. The standard InChI is InChI=1S/C24H16N2O4S.C2H4O2/c1-12-7-18-19(8-13(12)2)26-22(27)21(31-24(26)25-18)10-16-4-6-20(30-16)14-3-5-17-15(9-14)11-29-23(17)28;1-2(3)4/h3-10H,11H2,1-2H3;1H3,(H,3,4). The van der Waals surface area contributed by atoms with Crippen molar-refractivity contribution in [2.24, 2.45) is 0 Å². The van der Waals surface area contributed by atoms with Crippen molar-refractivity contribution in [2.45, 2.75) is 27.4 Å². The number of fused-ring (bicyclic) bond motifs is 4. The normalized spacial score (nSPS) is 13.1. The first-order chi connectivity index (χ1) is 16.7. The molecule has 0 saturated heterocycles. The molecular weight excluding hydrogens is 468 g/mol. The van der Waals surface area contributed by atoms with Gasteiger partial charge in [-0.2, -0.15) is 0 Å². The van der Waals surface area contributed by atoms with Gasteiger partial charge >= 0.3 is 5.97 Å². The lowest BCUT2D eigenvalue weighted by molar-refractivity contribution is -0.134. The molecule has 2 aromatic carbocycles. The van der Waals surface area contributed by atoms with Crippen LogP contribution in [0.25, 0.3) is 33.4 Å². The minimum absolute atomic E-state index is 0.100. The van der Waals surface area contributed by atoms with Crippen LogP contribution >= 0.6 is 11.3 Å². The summed E-state index contributed by atoms with van der Waals surface area (Å²) in [7, 11) is 0. The molecule has 0 saturated carbocycles. The number of benzene rings is 2. The second-order valence-electron chi connectivity index (χ2n) is 8.24. The van der Waals surface area contributed by atoms with Gasteiger partial charge in [0.05, 0.1) is 16.6 Å². The number of thiazole rings is 1. The van der Waals surface area contributed by atoms with Crippen LogP contribution < -0.4 is 10.1 Å². The number of rotatable bonds is 2. The fraction of sp³-hybridized carbons (Fsp3) is 0.154. The second kappa shape index (κ2) is 8.52. The van der Waals surface area contributed by atoms with Gasteiger partial charge in [0.1, 0.15) is 22.7 Å². The van der Waals surface area contributed by atoms with E-state index in [-0.39, 0.29) is 18.1 Å². The minimum Gasteiger partial charge on any atom is -0.481 e. The molecule has 0 fully saturated rings. The van der Waals surface area contributed by atoms with Gasteiger partial charge in [0.15, 0.2) is 4.96 Å². The summed E-state index contributed by atoms with van der Waals surface area (Å²) in [5, 5.41) is 7.42. The molecule has 0 unspecified atom stereocenters. The van der Waals surface area contributed by atoms with Crippen molar-refractivity contribution in [1.29, 1.82) is 0 Å². The number of carboxylic acid groups (broad SMARTS) is 1. The van der Waals surface area contributed by atoms with E-state index in [0.29, 0.717) is 26.6 Å². The summed E-state index contributed by atoms with van der Waals surface area (Å²) in [6.45, 7) is 5.44. The van der Waals surface area contributed by atoms with Crippen LogP contribution in [0.3, 0.4) is 0 Å². The Morgan fingerprint density at radius 2 is 1.86 bits per heavy atom. The van der Waals surface area contributed by atoms with E-state index in [0.717, 1.165) is 40.2 Å². The molecule has 0 aliphatic carbocycles. The number of carboxylic acids is 1. The van der Waals surface area contributed by atoms with E-state index in [1.54, 1.807) is 16.5 Å². The van der Waals surface area contributed by atoms with Gasteiger partial charge in [-0.25, -0.2) is 14.2 Å². The number of carbonyl (C=O) groups excluding carboxylic acids is 1. The number of furan rings is 1. The molecule has 1 aliphatic rings. The first-order valence-electron chi connectivity index (χ1n) is 10.7. The molecule has 3 aromatic heterocycles. The Morgan fingerprint density at radius 3 is 2.63 bits per heavy atom. The number of aryl methyl sites for hydroxylation is 2. The molecule has 6 rings (SSSR count). The largest absolute Gasteiger partial charge is 0.481 e. The smallest absolute Gasteiger partial charge is 0.338 e. The number of imidazole rings is 1. The number of aliphatic carboxylic acids is 1. The zero-order valence-electron chi connectivity index (χ0n) is 19.1. The number of carbonyl (C=O) groups is 2. The van der Waals surface area contributed by atoms with Crippen LogP contribution in [0.2, 0.25) is 0 Å². The Balaban J connectivity index is 0.000000591. The Labute approximate surface area is 202 Å². The third-order valence-corrected chi connectivity index (χ3v) is 6.69. The maximum atomic E-state index is 13.1. The summed E-state index contributed by atoms with van der Waals surface area (Å²) in [5.41, 5.74) is 6.15. The maximum Gasteiger partial charge on any atom is 0.338 e. The summed E-state index contributed by atoms with van der Waals surface area (Å²) in [5.74, 6) is 0.123. The van der Waals surface area contributed by atoms with Crippen LogP contribution in [-0.4, -0.2) is 26.4 Å². The van der Waals surface area contributed by atoms with Gasteiger partial charge in [0.2, 0.25) is 0 Å². The van der Waals surface area contributed by atoms with E-state index >= 15 is 0 Å². The Kier molecular flexibility index (Phi) is 5.49. The van der Waals surface area contributed by atoms with Gasteiger partial charge < -0.3 is 14.3 Å². The highest BCUT2D eigenvalue weighted by Gasteiger charge is 2.21. The first kappa shape index (κ1) is 22.5. The van der Waals surface area contributed by atoms with E-state index < -0.39 is 5.97 Å². The van der Waals surface area contributed by atoms with Crippen molar-refractivity contribution >= 4 is 45.3 Å².